The zero-order valence-electron chi connectivity index (χ0n) is 11.6. The number of carbonyl (C=O) groups excluding carboxylic acids is 1. The number of hydrogen-bond acceptors (Lipinski definition) is 3. The van der Waals surface area contributed by atoms with E-state index in [1.165, 1.54) is 0 Å². The lowest BCUT2D eigenvalue weighted by Crippen LogP contribution is -2.36. The predicted octanol–water partition coefficient (Wildman–Crippen LogP) is 3.19. The van der Waals surface area contributed by atoms with Crippen LogP contribution in [0.25, 0.3) is 0 Å². The molecule has 0 aromatic rings. The van der Waals surface area contributed by atoms with E-state index in [1.54, 1.807) is 4.90 Å². The number of likely N-dealkylation sites (tertiary alicyclic amines) is 1. The molecule has 0 aromatic carbocycles. The van der Waals surface area contributed by atoms with Gasteiger partial charge in [0.1, 0.15) is 5.60 Å². The van der Waals surface area contributed by atoms with Crippen molar-refractivity contribution in [2.45, 2.75) is 51.7 Å². The Kier molecular flexibility index (Phi) is 6.43. The van der Waals surface area contributed by atoms with Crippen LogP contribution in [-0.4, -0.2) is 47.7 Å². The van der Waals surface area contributed by atoms with E-state index in [2.05, 4.69) is 15.9 Å². The SMILES string of the molecule is CC(C)(C)OC(=O)N1CC[C@H](OCCCCBr)C1. The van der Waals surface area contributed by atoms with Crippen LogP contribution in [0.5, 0.6) is 0 Å². The topological polar surface area (TPSA) is 38.8 Å². The largest absolute Gasteiger partial charge is 0.444 e. The number of nitrogens with zero attached hydrogens (tertiary/aromatic N) is 1. The van der Waals surface area contributed by atoms with Gasteiger partial charge in [-0.05, 0) is 40.0 Å². The molecule has 1 saturated heterocycles. The Hall–Kier alpha value is -0.290. The number of carbonyl (C=O) groups is 1. The van der Waals surface area contributed by atoms with E-state index in [0.717, 1.165) is 37.7 Å². The van der Waals surface area contributed by atoms with Crippen LogP contribution in [0.2, 0.25) is 0 Å². The highest BCUT2D eigenvalue weighted by Crippen LogP contribution is 2.17. The molecule has 0 aromatic heterocycles. The summed E-state index contributed by atoms with van der Waals surface area (Å²) in [5.41, 5.74) is -0.425. The highest BCUT2D eigenvalue weighted by atomic mass is 79.9. The average molecular weight is 322 g/mol. The second kappa shape index (κ2) is 7.34. The van der Waals surface area contributed by atoms with Crippen molar-refractivity contribution in [2.24, 2.45) is 0 Å². The van der Waals surface area contributed by atoms with Crippen molar-refractivity contribution in [1.29, 1.82) is 0 Å². The second-order valence-corrected chi connectivity index (χ2v) is 6.40. The molecule has 0 bridgehead atoms. The standard InChI is InChI=1S/C13H24BrNO3/c1-13(2,3)18-12(16)15-8-6-11(10-15)17-9-5-4-7-14/h11H,4-10H2,1-3H3/t11-/m0/s1. The van der Waals surface area contributed by atoms with Crippen LogP contribution in [0.15, 0.2) is 0 Å². The minimum absolute atomic E-state index is 0.174. The van der Waals surface area contributed by atoms with Crippen LogP contribution in [0.4, 0.5) is 4.79 Å². The van der Waals surface area contributed by atoms with Gasteiger partial charge in [0.15, 0.2) is 0 Å². The summed E-state index contributed by atoms with van der Waals surface area (Å²) in [5.74, 6) is 0. The monoisotopic (exact) mass is 321 g/mol. The van der Waals surface area contributed by atoms with E-state index in [-0.39, 0.29) is 12.2 Å². The van der Waals surface area contributed by atoms with E-state index in [9.17, 15) is 4.79 Å². The van der Waals surface area contributed by atoms with Gasteiger partial charge in [-0.1, -0.05) is 15.9 Å². The number of alkyl halides is 1. The van der Waals surface area contributed by atoms with Gasteiger partial charge in [-0.25, -0.2) is 4.79 Å². The van der Waals surface area contributed by atoms with Gasteiger partial charge in [0.2, 0.25) is 0 Å². The lowest BCUT2D eigenvalue weighted by molar-refractivity contribution is 0.0208. The van der Waals surface area contributed by atoms with Crippen LogP contribution in [-0.2, 0) is 9.47 Å². The summed E-state index contributed by atoms with van der Waals surface area (Å²) < 4.78 is 11.1. The van der Waals surface area contributed by atoms with Gasteiger partial charge in [-0.15, -0.1) is 0 Å². The maximum Gasteiger partial charge on any atom is 0.410 e. The van der Waals surface area contributed by atoms with Gasteiger partial charge < -0.3 is 14.4 Å². The van der Waals surface area contributed by atoms with Crippen molar-refractivity contribution in [3.63, 3.8) is 0 Å². The first kappa shape index (κ1) is 15.8. The van der Waals surface area contributed by atoms with E-state index < -0.39 is 5.60 Å². The van der Waals surface area contributed by atoms with Gasteiger partial charge in [0, 0.05) is 18.5 Å². The molecule has 0 aliphatic carbocycles. The molecule has 4 nitrogen and oxygen atoms in total. The van der Waals surface area contributed by atoms with E-state index >= 15 is 0 Å². The molecule has 0 unspecified atom stereocenters. The highest BCUT2D eigenvalue weighted by Gasteiger charge is 2.29. The van der Waals surface area contributed by atoms with Crippen molar-refractivity contribution in [1.82, 2.24) is 4.90 Å². The zero-order valence-corrected chi connectivity index (χ0v) is 13.2. The van der Waals surface area contributed by atoms with Crippen LogP contribution in [0.3, 0.4) is 0 Å². The van der Waals surface area contributed by atoms with Crippen LogP contribution in [0.1, 0.15) is 40.0 Å². The molecule has 1 amide bonds. The molecule has 5 heteroatoms. The number of halogens is 1. The van der Waals surface area contributed by atoms with Crippen LogP contribution >= 0.6 is 15.9 Å². The Balaban J connectivity index is 2.22. The lowest BCUT2D eigenvalue weighted by atomic mass is 10.2. The molecule has 1 atom stereocenters. The number of unbranched alkanes of at least 4 members (excludes halogenated alkanes) is 1. The van der Waals surface area contributed by atoms with E-state index in [1.807, 2.05) is 20.8 Å². The molecule has 1 aliphatic rings. The third kappa shape index (κ3) is 6.05. The van der Waals surface area contributed by atoms with E-state index in [0.29, 0.717) is 6.54 Å². The molecule has 1 rings (SSSR count). The molecule has 1 fully saturated rings. The molecule has 0 N–H and O–H groups in total. The molecule has 106 valence electrons. The summed E-state index contributed by atoms with van der Waals surface area (Å²) in [6.45, 7) is 7.82. The second-order valence-electron chi connectivity index (χ2n) is 5.60. The minimum atomic E-state index is -0.425. The van der Waals surface area contributed by atoms with Crippen molar-refractivity contribution in [3.05, 3.63) is 0 Å². The predicted molar refractivity (Wildman–Crippen MR) is 75.2 cm³/mol. The van der Waals surface area contributed by atoms with Gasteiger partial charge in [-0.3, -0.25) is 0 Å². The summed E-state index contributed by atoms with van der Waals surface area (Å²) in [5, 5.41) is 1.02. The Morgan fingerprint density at radius 3 is 2.72 bits per heavy atom. The molecule has 1 heterocycles. The molecule has 0 saturated carbocycles. The van der Waals surface area contributed by atoms with Gasteiger partial charge in [-0.2, -0.15) is 0 Å². The smallest absolute Gasteiger partial charge is 0.410 e. The fourth-order valence-corrected chi connectivity index (χ4v) is 2.20. The first-order valence-electron chi connectivity index (χ1n) is 6.58. The maximum atomic E-state index is 11.8. The van der Waals surface area contributed by atoms with E-state index in [4.69, 9.17) is 9.47 Å². The summed E-state index contributed by atoms with van der Waals surface area (Å²) in [4.78, 5) is 13.6. The summed E-state index contributed by atoms with van der Waals surface area (Å²) in [6.07, 6.45) is 3.05. The first-order valence-corrected chi connectivity index (χ1v) is 7.70. The van der Waals surface area contributed by atoms with Crippen molar-refractivity contribution in [2.75, 3.05) is 25.0 Å². The van der Waals surface area contributed by atoms with Crippen LogP contribution in [0, 0.1) is 0 Å². The van der Waals surface area contributed by atoms with Crippen molar-refractivity contribution < 1.29 is 14.3 Å². The Bertz CT molecular complexity index is 265. The lowest BCUT2D eigenvalue weighted by Gasteiger charge is -2.24. The molecule has 0 spiro atoms. The Morgan fingerprint density at radius 1 is 1.39 bits per heavy atom. The Morgan fingerprint density at radius 2 is 2.11 bits per heavy atom. The quantitative estimate of drug-likeness (QED) is 0.576. The number of rotatable bonds is 5. The molecule has 18 heavy (non-hydrogen) atoms. The van der Waals surface area contributed by atoms with Gasteiger partial charge in [0.05, 0.1) is 12.6 Å². The summed E-state index contributed by atoms with van der Waals surface area (Å²) in [7, 11) is 0. The normalized spacial score (nSPS) is 20.2. The zero-order chi connectivity index (χ0) is 13.6. The third-order valence-electron chi connectivity index (χ3n) is 2.68. The van der Waals surface area contributed by atoms with Gasteiger partial charge >= 0.3 is 6.09 Å². The first-order chi connectivity index (χ1) is 8.42. The molecular weight excluding hydrogens is 298 g/mol. The number of hydrogen-bond donors (Lipinski definition) is 0. The summed E-state index contributed by atoms with van der Waals surface area (Å²) >= 11 is 3.39. The average Bonchev–Trinajstić information content (AvgIpc) is 2.71. The van der Waals surface area contributed by atoms with Crippen molar-refractivity contribution >= 4 is 22.0 Å². The van der Waals surface area contributed by atoms with Crippen molar-refractivity contribution in [3.8, 4) is 0 Å². The summed E-state index contributed by atoms with van der Waals surface area (Å²) in [6, 6.07) is 0. The van der Waals surface area contributed by atoms with Gasteiger partial charge in [0.25, 0.3) is 0 Å². The molecule has 1 aliphatic heterocycles. The molecular formula is C13H24BrNO3. The maximum absolute atomic E-state index is 11.8. The molecule has 0 radical (unpaired) electrons. The fraction of sp³-hybridized carbons (Fsp3) is 0.923. The highest BCUT2D eigenvalue weighted by molar-refractivity contribution is 9.09. The fourth-order valence-electron chi connectivity index (χ4n) is 1.80. The minimum Gasteiger partial charge on any atom is -0.444 e. The Labute approximate surface area is 118 Å². The number of ether oxygens (including phenoxy) is 2. The van der Waals surface area contributed by atoms with Crippen LogP contribution < -0.4 is 0 Å². The third-order valence-corrected chi connectivity index (χ3v) is 3.24. The number of amides is 1.